The van der Waals surface area contributed by atoms with Crippen molar-refractivity contribution in [1.82, 2.24) is 0 Å². The molecule has 2 unspecified atom stereocenters. The van der Waals surface area contributed by atoms with Gasteiger partial charge in [-0.3, -0.25) is 10.1 Å². The van der Waals surface area contributed by atoms with Gasteiger partial charge in [-0.2, -0.15) is 0 Å². The summed E-state index contributed by atoms with van der Waals surface area (Å²) in [6.07, 6.45) is 0.504. The molecule has 2 N–H and O–H groups in total. The van der Waals surface area contributed by atoms with Crippen LogP contribution in [0.4, 0.5) is 17.1 Å². The molecule has 1 fully saturated rings. The van der Waals surface area contributed by atoms with E-state index in [1.54, 1.807) is 13.1 Å². The summed E-state index contributed by atoms with van der Waals surface area (Å²) in [6.45, 7) is 3.35. The highest BCUT2D eigenvalue weighted by atomic mass is 16.6. The van der Waals surface area contributed by atoms with E-state index < -0.39 is 4.92 Å². The lowest BCUT2D eigenvalue weighted by atomic mass is 9.95. The molecule has 1 aliphatic heterocycles. The summed E-state index contributed by atoms with van der Waals surface area (Å²) in [7, 11) is 1.73. The number of aliphatic hydroxyl groups is 1. The number of hydrogen-bond donors (Lipinski definition) is 2. The summed E-state index contributed by atoms with van der Waals surface area (Å²) in [6, 6.07) is 4.94. The van der Waals surface area contributed by atoms with E-state index in [4.69, 9.17) is 0 Å². The van der Waals surface area contributed by atoms with Gasteiger partial charge in [-0.05, 0) is 18.4 Å². The van der Waals surface area contributed by atoms with Crippen LogP contribution in [0.5, 0.6) is 0 Å². The van der Waals surface area contributed by atoms with Crippen LogP contribution in [0.15, 0.2) is 18.2 Å². The lowest BCUT2D eigenvalue weighted by molar-refractivity contribution is -0.384. The number of piperidine rings is 1. The molecular formula is C13H19N3O3. The fraction of sp³-hybridized carbons (Fsp3) is 0.538. The molecule has 0 aliphatic carbocycles. The minimum Gasteiger partial charge on any atom is -0.391 e. The van der Waals surface area contributed by atoms with Gasteiger partial charge in [-0.25, -0.2) is 0 Å². The first-order chi connectivity index (χ1) is 9.01. The van der Waals surface area contributed by atoms with E-state index in [-0.39, 0.29) is 17.7 Å². The normalized spacial score (nSPS) is 23.2. The van der Waals surface area contributed by atoms with E-state index in [0.29, 0.717) is 12.2 Å². The van der Waals surface area contributed by atoms with Crippen LogP contribution in [0.25, 0.3) is 0 Å². The molecule has 2 atom stereocenters. The van der Waals surface area contributed by atoms with Gasteiger partial charge in [0.25, 0.3) is 5.69 Å². The zero-order chi connectivity index (χ0) is 14.0. The summed E-state index contributed by atoms with van der Waals surface area (Å²) in [5, 5.41) is 23.8. The van der Waals surface area contributed by atoms with Gasteiger partial charge in [0, 0.05) is 43.6 Å². The maximum Gasteiger partial charge on any atom is 0.273 e. The van der Waals surface area contributed by atoms with Crippen LogP contribution in [-0.2, 0) is 0 Å². The van der Waals surface area contributed by atoms with Gasteiger partial charge in [-0.15, -0.1) is 0 Å². The maximum absolute atomic E-state index is 10.9. The van der Waals surface area contributed by atoms with Gasteiger partial charge in [-0.1, -0.05) is 6.92 Å². The van der Waals surface area contributed by atoms with E-state index in [9.17, 15) is 15.2 Å². The number of nitro benzene ring substituents is 1. The Bertz CT molecular complexity index is 478. The largest absolute Gasteiger partial charge is 0.391 e. The number of nitrogens with zero attached hydrogens (tertiary/aromatic N) is 2. The third-order valence-corrected chi connectivity index (χ3v) is 3.69. The summed E-state index contributed by atoms with van der Waals surface area (Å²) in [5.74, 6) is 0.277. The number of aliphatic hydroxyl groups excluding tert-OH is 1. The van der Waals surface area contributed by atoms with E-state index in [2.05, 4.69) is 5.32 Å². The first kappa shape index (κ1) is 13.6. The highest BCUT2D eigenvalue weighted by molar-refractivity contribution is 5.64. The number of anilines is 2. The van der Waals surface area contributed by atoms with Crippen molar-refractivity contribution in [1.29, 1.82) is 0 Å². The van der Waals surface area contributed by atoms with Crippen LogP contribution in [0.2, 0.25) is 0 Å². The Hall–Kier alpha value is -1.82. The Morgan fingerprint density at radius 1 is 1.47 bits per heavy atom. The van der Waals surface area contributed by atoms with Crippen molar-refractivity contribution in [3.8, 4) is 0 Å². The Morgan fingerprint density at radius 2 is 2.21 bits per heavy atom. The Kier molecular flexibility index (Phi) is 3.90. The quantitative estimate of drug-likeness (QED) is 0.644. The fourth-order valence-electron chi connectivity index (χ4n) is 2.31. The number of rotatable bonds is 3. The summed E-state index contributed by atoms with van der Waals surface area (Å²) in [4.78, 5) is 12.5. The van der Waals surface area contributed by atoms with Crippen molar-refractivity contribution in [2.45, 2.75) is 19.4 Å². The van der Waals surface area contributed by atoms with Gasteiger partial charge < -0.3 is 15.3 Å². The molecule has 0 radical (unpaired) electrons. The standard InChI is InChI=1S/C13H19N3O3/c1-9-3-4-15(8-13(9)17)11-5-10(14-2)6-12(7-11)16(18)19/h5-7,9,13-14,17H,3-4,8H2,1-2H3. The van der Waals surface area contributed by atoms with Crippen molar-refractivity contribution in [2.24, 2.45) is 5.92 Å². The number of nitro groups is 1. The Labute approximate surface area is 112 Å². The highest BCUT2D eigenvalue weighted by Gasteiger charge is 2.25. The fourth-order valence-corrected chi connectivity index (χ4v) is 2.31. The molecule has 2 rings (SSSR count). The molecule has 6 nitrogen and oxygen atoms in total. The zero-order valence-electron chi connectivity index (χ0n) is 11.2. The molecule has 6 heteroatoms. The monoisotopic (exact) mass is 265 g/mol. The molecule has 0 saturated carbocycles. The van der Waals surface area contributed by atoms with Crippen molar-refractivity contribution in [3.63, 3.8) is 0 Å². The lowest BCUT2D eigenvalue weighted by Gasteiger charge is -2.35. The van der Waals surface area contributed by atoms with Gasteiger partial charge in [0.1, 0.15) is 0 Å². The van der Waals surface area contributed by atoms with Gasteiger partial charge in [0.05, 0.1) is 11.0 Å². The summed E-state index contributed by atoms with van der Waals surface area (Å²) < 4.78 is 0. The van der Waals surface area contributed by atoms with Crippen molar-refractivity contribution in [2.75, 3.05) is 30.4 Å². The van der Waals surface area contributed by atoms with Crippen molar-refractivity contribution < 1.29 is 10.0 Å². The first-order valence-corrected chi connectivity index (χ1v) is 6.41. The SMILES string of the molecule is CNc1cc(N2CCC(C)C(O)C2)cc([N+](=O)[O-])c1. The molecule has 1 aliphatic rings. The van der Waals surface area contributed by atoms with Gasteiger partial charge in [0.15, 0.2) is 0 Å². The van der Waals surface area contributed by atoms with Crippen LogP contribution in [0.1, 0.15) is 13.3 Å². The van der Waals surface area contributed by atoms with Crippen molar-refractivity contribution >= 4 is 17.1 Å². The molecule has 0 bridgehead atoms. The molecule has 1 heterocycles. The van der Waals surface area contributed by atoms with Crippen molar-refractivity contribution in [3.05, 3.63) is 28.3 Å². The Balaban J connectivity index is 2.28. The van der Waals surface area contributed by atoms with Crippen LogP contribution < -0.4 is 10.2 Å². The van der Waals surface area contributed by atoms with Crippen LogP contribution >= 0.6 is 0 Å². The smallest absolute Gasteiger partial charge is 0.273 e. The van der Waals surface area contributed by atoms with Crippen LogP contribution in [0.3, 0.4) is 0 Å². The Morgan fingerprint density at radius 3 is 2.79 bits per heavy atom. The predicted octanol–water partition coefficient (Wildman–Crippen LogP) is 1.84. The van der Waals surface area contributed by atoms with E-state index in [1.807, 2.05) is 17.9 Å². The van der Waals surface area contributed by atoms with Crippen LogP contribution in [-0.4, -0.2) is 36.3 Å². The van der Waals surface area contributed by atoms with E-state index >= 15 is 0 Å². The average Bonchev–Trinajstić information content (AvgIpc) is 2.41. The molecule has 0 amide bonds. The average molecular weight is 265 g/mol. The van der Waals surface area contributed by atoms with E-state index in [1.165, 1.54) is 6.07 Å². The molecular weight excluding hydrogens is 246 g/mol. The minimum atomic E-state index is -0.395. The first-order valence-electron chi connectivity index (χ1n) is 6.41. The molecule has 1 saturated heterocycles. The second kappa shape index (κ2) is 5.44. The number of β-amino-alcohol motifs (C(OH)–C–C–N with tert-alkyl or cyclic N) is 1. The second-order valence-corrected chi connectivity index (χ2v) is 5.02. The molecule has 0 spiro atoms. The van der Waals surface area contributed by atoms with Crippen LogP contribution in [0, 0.1) is 16.0 Å². The third-order valence-electron chi connectivity index (χ3n) is 3.69. The lowest BCUT2D eigenvalue weighted by Crippen LogP contribution is -2.42. The molecule has 1 aromatic carbocycles. The second-order valence-electron chi connectivity index (χ2n) is 5.02. The number of nitrogens with one attached hydrogen (secondary N) is 1. The zero-order valence-corrected chi connectivity index (χ0v) is 11.2. The molecule has 104 valence electrons. The predicted molar refractivity (Wildman–Crippen MR) is 74.6 cm³/mol. The van der Waals surface area contributed by atoms with Gasteiger partial charge in [0.2, 0.25) is 0 Å². The molecule has 19 heavy (non-hydrogen) atoms. The van der Waals surface area contributed by atoms with E-state index in [0.717, 1.165) is 18.7 Å². The third kappa shape index (κ3) is 2.96. The topological polar surface area (TPSA) is 78.6 Å². The van der Waals surface area contributed by atoms with Gasteiger partial charge >= 0.3 is 0 Å². The number of hydrogen-bond acceptors (Lipinski definition) is 5. The minimum absolute atomic E-state index is 0.0648. The highest BCUT2D eigenvalue weighted by Crippen LogP contribution is 2.29. The molecule has 0 aromatic heterocycles. The summed E-state index contributed by atoms with van der Waals surface area (Å²) in [5.41, 5.74) is 1.55. The summed E-state index contributed by atoms with van der Waals surface area (Å²) >= 11 is 0. The maximum atomic E-state index is 10.9. The number of benzene rings is 1. The molecule has 1 aromatic rings. The number of non-ortho nitro benzene ring substituents is 1.